The number of rotatable bonds is 5. The number of fused-ring (bicyclic) bond motifs is 1. The SMILES string of the molecule is O=C(NCC1CCC(c2nnc(-c3nccc4ccccc34)o2)CC1)c1cccnc1. The Balaban J connectivity index is 1.20. The fraction of sp³-hybridized carbons (Fsp3) is 0.292. The molecule has 4 aromatic rings. The topological polar surface area (TPSA) is 93.8 Å². The van der Waals surface area contributed by atoms with Gasteiger partial charge < -0.3 is 9.73 Å². The van der Waals surface area contributed by atoms with Crippen molar-refractivity contribution in [3.63, 3.8) is 0 Å². The van der Waals surface area contributed by atoms with Crippen molar-refractivity contribution in [2.45, 2.75) is 31.6 Å². The minimum atomic E-state index is -0.0700. The first kappa shape index (κ1) is 19.4. The normalized spacial score (nSPS) is 18.7. The van der Waals surface area contributed by atoms with Crippen molar-refractivity contribution in [2.24, 2.45) is 5.92 Å². The van der Waals surface area contributed by atoms with Gasteiger partial charge in [-0.05, 0) is 55.2 Å². The molecule has 0 atom stereocenters. The van der Waals surface area contributed by atoms with Crippen molar-refractivity contribution in [3.8, 4) is 11.6 Å². The highest BCUT2D eigenvalue weighted by molar-refractivity contribution is 5.94. The molecule has 31 heavy (non-hydrogen) atoms. The molecule has 1 saturated carbocycles. The Morgan fingerprint density at radius 1 is 1.00 bits per heavy atom. The van der Waals surface area contributed by atoms with E-state index in [0.29, 0.717) is 29.8 Å². The first-order chi connectivity index (χ1) is 15.3. The molecule has 156 valence electrons. The number of nitrogens with zero attached hydrogens (tertiary/aromatic N) is 4. The van der Waals surface area contributed by atoms with Gasteiger partial charge in [0, 0.05) is 36.4 Å². The molecule has 1 fully saturated rings. The highest BCUT2D eigenvalue weighted by atomic mass is 16.4. The van der Waals surface area contributed by atoms with Crippen LogP contribution in [0.3, 0.4) is 0 Å². The number of carbonyl (C=O) groups excluding carboxylic acids is 1. The zero-order valence-corrected chi connectivity index (χ0v) is 17.1. The summed E-state index contributed by atoms with van der Waals surface area (Å²) in [6.07, 6.45) is 8.99. The largest absolute Gasteiger partial charge is 0.419 e. The molecule has 7 nitrogen and oxygen atoms in total. The lowest BCUT2D eigenvalue weighted by atomic mass is 9.82. The Hall–Kier alpha value is -3.61. The predicted octanol–water partition coefficient (Wildman–Crippen LogP) is 4.38. The fourth-order valence-corrected chi connectivity index (χ4v) is 4.24. The van der Waals surface area contributed by atoms with Crippen LogP contribution in [0.1, 0.15) is 47.8 Å². The van der Waals surface area contributed by atoms with Crippen LogP contribution in [0.5, 0.6) is 0 Å². The third-order valence-corrected chi connectivity index (χ3v) is 5.99. The van der Waals surface area contributed by atoms with Crippen LogP contribution in [-0.2, 0) is 0 Å². The Morgan fingerprint density at radius 2 is 1.87 bits per heavy atom. The van der Waals surface area contributed by atoms with E-state index >= 15 is 0 Å². The second-order valence-corrected chi connectivity index (χ2v) is 8.00. The lowest BCUT2D eigenvalue weighted by Crippen LogP contribution is -2.31. The van der Waals surface area contributed by atoms with Crippen LogP contribution in [0.2, 0.25) is 0 Å². The number of benzene rings is 1. The molecule has 1 amide bonds. The molecule has 0 spiro atoms. The van der Waals surface area contributed by atoms with Gasteiger partial charge >= 0.3 is 0 Å². The van der Waals surface area contributed by atoms with Crippen LogP contribution in [0.25, 0.3) is 22.4 Å². The highest BCUT2D eigenvalue weighted by Gasteiger charge is 2.27. The summed E-state index contributed by atoms with van der Waals surface area (Å²) < 4.78 is 6.05. The van der Waals surface area contributed by atoms with Crippen LogP contribution in [0, 0.1) is 5.92 Å². The van der Waals surface area contributed by atoms with Gasteiger partial charge in [0.05, 0.1) is 5.56 Å². The van der Waals surface area contributed by atoms with Gasteiger partial charge in [0.25, 0.3) is 11.8 Å². The monoisotopic (exact) mass is 413 g/mol. The molecule has 3 aromatic heterocycles. The van der Waals surface area contributed by atoms with Gasteiger partial charge in [0.1, 0.15) is 5.69 Å². The summed E-state index contributed by atoms with van der Waals surface area (Å²) in [5.41, 5.74) is 1.32. The van der Waals surface area contributed by atoms with Crippen molar-refractivity contribution in [1.82, 2.24) is 25.5 Å². The quantitative estimate of drug-likeness (QED) is 0.522. The Labute approximate surface area is 179 Å². The van der Waals surface area contributed by atoms with Gasteiger partial charge in [-0.15, -0.1) is 10.2 Å². The summed E-state index contributed by atoms with van der Waals surface area (Å²) in [4.78, 5) is 20.7. The molecule has 7 heteroatoms. The standard InChI is InChI=1S/C24H23N5O2/c30-22(19-5-3-12-25-15-19)27-14-16-7-9-18(10-8-16)23-28-29-24(31-23)21-20-6-2-1-4-17(20)11-13-26-21/h1-6,11-13,15-16,18H,7-10,14H2,(H,27,30). The van der Waals surface area contributed by atoms with Crippen LogP contribution in [-0.4, -0.2) is 32.6 Å². The number of carbonyl (C=O) groups is 1. The molecule has 0 unspecified atom stereocenters. The molecule has 3 heterocycles. The van der Waals surface area contributed by atoms with E-state index in [-0.39, 0.29) is 11.8 Å². The maximum Gasteiger partial charge on any atom is 0.266 e. The van der Waals surface area contributed by atoms with Crippen molar-refractivity contribution in [2.75, 3.05) is 6.54 Å². The summed E-state index contributed by atoms with van der Waals surface area (Å²) in [5, 5.41) is 13.7. The molecule has 0 radical (unpaired) electrons. The molecular weight excluding hydrogens is 390 g/mol. The van der Waals surface area contributed by atoms with E-state index < -0.39 is 0 Å². The first-order valence-electron chi connectivity index (χ1n) is 10.6. The second kappa shape index (κ2) is 8.63. The third-order valence-electron chi connectivity index (χ3n) is 5.99. The molecule has 5 rings (SSSR count). The van der Waals surface area contributed by atoms with E-state index in [2.05, 4.69) is 25.5 Å². The Bertz CT molecular complexity index is 1180. The van der Waals surface area contributed by atoms with Gasteiger partial charge in [-0.1, -0.05) is 24.3 Å². The number of amides is 1. The summed E-state index contributed by atoms with van der Waals surface area (Å²) >= 11 is 0. The maximum absolute atomic E-state index is 12.2. The Kier molecular flexibility index (Phi) is 5.39. The summed E-state index contributed by atoms with van der Waals surface area (Å²) in [7, 11) is 0. The lowest BCUT2D eigenvalue weighted by molar-refractivity contribution is 0.0942. The summed E-state index contributed by atoms with van der Waals surface area (Å²) in [6.45, 7) is 0.676. The Morgan fingerprint density at radius 3 is 2.71 bits per heavy atom. The van der Waals surface area contributed by atoms with Gasteiger partial charge in [0.15, 0.2) is 0 Å². The van der Waals surface area contributed by atoms with E-state index in [4.69, 9.17) is 4.42 Å². The van der Waals surface area contributed by atoms with E-state index in [1.54, 1.807) is 30.7 Å². The number of aromatic nitrogens is 4. The van der Waals surface area contributed by atoms with E-state index in [1.807, 2.05) is 30.3 Å². The number of nitrogens with one attached hydrogen (secondary N) is 1. The molecule has 0 bridgehead atoms. The summed E-state index contributed by atoms with van der Waals surface area (Å²) in [5.74, 6) is 1.79. The van der Waals surface area contributed by atoms with Gasteiger partial charge in [-0.25, -0.2) is 0 Å². The lowest BCUT2D eigenvalue weighted by Gasteiger charge is -2.26. The zero-order valence-electron chi connectivity index (χ0n) is 17.1. The molecule has 1 aliphatic rings. The minimum absolute atomic E-state index is 0.0700. The molecule has 1 aromatic carbocycles. The van der Waals surface area contributed by atoms with Crippen LogP contribution >= 0.6 is 0 Å². The molecule has 1 N–H and O–H groups in total. The smallest absolute Gasteiger partial charge is 0.266 e. The first-order valence-corrected chi connectivity index (χ1v) is 10.6. The van der Waals surface area contributed by atoms with E-state index in [9.17, 15) is 4.79 Å². The summed E-state index contributed by atoms with van der Waals surface area (Å²) in [6, 6.07) is 13.6. The van der Waals surface area contributed by atoms with Crippen molar-refractivity contribution in [3.05, 3.63) is 72.5 Å². The fourth-order valence-electron chi connectivity index (χ4n) is 4.24. The third kappa shape index (κ3) is 4.17. The highest BCUT2D eigenvalue weighted by Crippen LogP contribution is 2.36. The average Bonchev–Trinajstić information content (AvgIpc) is 3.33. The van der Waals surface area contributed by atoms with Crippen molar-refractivity contribution in [1.29, 1.82) is 0 Å². The van der Waals surface area contributed by atoms with E-state index in [1.165, 1.54) is 0 Å². The van der Waals surface area contributed by atoms with E-state index in [0.717, 1.165) is 42.1 Å². The molecule has 1 aliphatic carbocycles. The van der Waals surface area contributed by atoms with Crippen LogP contribution in [0.15, 0.2) is 65.5 Å². The number of hydrogen-bond donors (Lipinski definition) is 1. The molecular formula is C24H23N5O2. The van der Waals surface area contributed by atoms with Crippen molar-refractivity contribution >= 4 is 16.7 Å². The van der Waals surface area contributed by atoms with Crippen molar-refractivity contribution < 1.29 is 9.21 Å². The van der Waals surface area contributed by atoms with Crippen LogP contribution in [0.4, 0.5) is 0 Å². The zero-order chi connectivity index (χ0) is 21.0. The second-order valence-electron chi connectivity index (χ2n) is 8.00. The number of hydrogen-bond acceptors (Lipinski definition) is 6. The molecule has 0 aliphatic heterocycles. The van der Waals surface area contributed by atoms with Gasteiger partial charge in [-0.3, -0.25) is 14.8 Å². The number of pyridine rings is 2. The van der Waals surface area contributed by atoms with Gasteiger partial charge in [0.2, 0.25) is 5.89 Å². The minimum Gasteiger partial charge on any atom is -0.419 e. The van der Waals surface area contributed by atoms with Crippen LogP contribution < -0.4 is 5.32 Å². The molecule has 0 saturated heterocycles. The maximum atomic E-state index is 12.2. The van der Waals surface area contributed by atoms with Gasteiger partial charge in [-0.2, -0.15) is 0 Å². The average molecular weight is 413 g/mol. The predicted molar refractivity (Wildman–Crippen MR) is 116 cm³/mol.